The largest absolute Gasteiger partial charge is 0.477 e. The molecule has 0 N–H and O–H groups in total. The number of ether oxygens (including phenoxy) is 2. The minimum absolute atomic E-state index is 0.222. The minimum Gasteiger partial charge on any atom is -0.477 e. The predicted octanol–water partition coefficient (Wildman–Crippen LogP) is 1.95. The van der Waals surface area contributed by atoms with E-state index in [-0.39, 0.29) is 5.69 Å². The number of hydrogen-bond acceptors (Lipinski definition) is 7. The van der Waals surface area contributed by atoms with Gasteiger partial charge in [-0.3, -0.25) is 0 Å². The molecule has 0 radical (unpaired) electrons. The van der Waals surface area contributed by atoms with Gasteiger partial charge in [-0.15, -0.1) is 10.2 Å². The first kappa shape index (κ1) is 16.2. The summed E-state index contributed by atoms with van der Waals surface area (Å²) in [4.78, 5) is 17.7. The fourth-order valence-corrected chi connectivity index (χ4v) is 2.67. The average molecular weight is 328 g/mol. The number of hydrogen-bond donors (Lipinski definition) is 0. The summed E-state index contributed by atoms with van der Waals surface area (Å²) in [5.41, 5.74) is 0.222. The van der Waals surface area contributed by atoms with Crippen molar-refractivity contribution in [3.8, 4) is 5.88 Å². The topological polar surface area (TPSA) is 77.4 Å². The van der Waals surface area contributed by atoms with E-state index in [1.165, 1.54) is 7.11 Å². The fourth-order valence-electron chi connectivity index (χ4n) is 2.67. The molecule has 0 saturated carbocycles. The van der Waals surface area contributed by atoms with Crippen molar-refractivity contribution in [3.05, 3.63) is 42.2 Å². The molecule has 3 rings (SSSR count). The van der Waals surface area contributed by atoms with Gasteiger partial charge in [0.05, 0.1) is 13.7 Å². The Morgan fingerprint density at radius 2 is 2.04 bits per heavy atom. The van der Waals surface area contributed by atoms with Gasteiger partial charge in [0.25, 0.3) is 0 Å². The lowest BCUT2D eigenvalue weighted by Gasteiger charge is -2.32. The van der Waals surface area contributed by atoms with Crippen molar-refractivity contribution in [1.82, 2.24) is 15.2 Å². The molecule has 1 aliphatic rings. The first-order chi connectivity index (χ1) is 11.8. The smallest absolute Gasteiger partial charge is 0.358 e. The number of rotatable bonds is 5. The van der Waals surface area contributed by atoms with E-state index >= 15 is 0 Å². The number of methoxy groups -OCH3 is 1. The van der Waals surface area contributed by atoms with Crippen molar-refractivity contribution in [2.45, 2.75) is 12.8 Å². The van der Waals surface area contributed by atoms with Crippen LogP contribution < -0.4 is 9.64 Å². The van der Waals surface area contributed by atoms with Gasteiger partial charge >= 0.3 is 5.97 Å². The third-order valence-electron chi connectivity index (χ3n) is 4.09. The zero-order valence-electron chi connectivity index (χ0n) is 13.6. The van der Waals surface area contributed by atoms with Gasteiger partial charge < -0.3 is 14.4 Å². The summed E-state index contributed by atoms with van der Waals surface area (Å²) in [6.07, 6.45) is 3.77. The summed E-state index contributed by atoms with van der Waals surface area (Å²) in [7, 11) is 1.33. The normalized spacial score (nSPS) is 15.1. The van der Waals surface area contributed by atoms with Crippen LogP contribution in [0.5, 0.6) is 5.88 Å². The lowest BCUT2D eigenvalue weighted by Crippen LogP contribution is -2.36. The number of pyridine rings is 1. The maximum absolute atomic E-state index is 11.4. The molecule has 0 unspecified atom stereocenters. The van der Waals surface area contributed by atoms with Gasteiger partial charge in [-0.25, -0.2) is 9.78 Å². The SMILES string of the molecule is COC(=O)c1ccc(N2CCC(COc3ccccn3)CC2)nn1. The molecule has 0 amide bonds. The summed E-state index contributed by atoms with van der Waals surface area (Å²) in [6.45, 7) is 2.46. The van der Waals surface area contributed by atoms with E-state index in [0.29, 0.717) is 18.4 Å². The standard InChI is InChI=1S/C17H20N4O3/c1-23-17(22)14-5-6-15(20-19-14)21-10-7-13(8-11-21)12-24-16-4-2-3-9-18-16/h2-6,9,13H,7-8,10-12H2,1H3. The summed E-state index contributed by atoms with van der Waals surface area (Å²) in [5.74, 6) is 1.49. The van der Waals surface area contributed by atoms with Crippen molar-refractivity contribution in [3.63, 3.8) is 0 Å². The van der Waals surface area contributed by atoms with Crippen LogP contribution in [0.4, 0.5) is 5.82 Å². The van der Waals surface area contributed by atoms with Crippen LogP contribution >= 0.6 is 0 Å². The molecule has 0 spiro atoms. The highest BCUT2D eigenvalue weighted by Gasteiger charge is 2.21. The van der Waals surface area contributed by atoms with Crippen LogP contribution in [0.1, 0.15) is 23.3 Å². The van der Waals surface area contributed by atoms with E-state index in [1.54, 1.807) is 12.3 Å². The summed E-state index contributed by atoms with van der Waals surface area (Å²) < 4.78 is 10.4. The second-order valence-electron chi connectivity index (χ2n) is 5.68. The molecular formula is C17H20N4O3. The molecule has 0 bridgehead atoms. The number of anilines is 1. The Hall–Kier alpha value is -2.70. The van der Waals surface area contributed by atoms with E-state index in [2.05, 4.69) is 24.8 Å². The number of carbonyl (C=O) groups excluding carboxylic acids is 1. The molecule has 0 aromatic carbocycles. The first-order valence-corrected chi connectivity index (χ1v) is 7.97. The van der Waals surface area contributed by atoms with Gasteiger partial charge in [-0.2, -0.15) is 0 Å². The van der Waals surface area contributed by atoms with Crippen molar-refractivity contribution in [2.75, 3.05) is 31.7 Å². The van der Waals surface area contributed by atoms with Crippen LogP contribution in [0, 0.1) is 5.92 Å². The molecular weight excluding hydrogens is 308 g/mol. The zero-order valence-corrected chi connectivity index (χ0v) is 13.6. The summed E-state index contributed by atoms with van der Waals surface area (Å²) >= 11 is 0. The maximum atomic E-state index is 11.4. The lowest BCUT2D eigenvalue weighted by atomic mass is 9.98. The molecule has 1 aliphatic heterocycles. The van der Waals surface area contributed by atoms with Gasteiger partial charge in [-0.05, 0) is 37.0 Å². The van der Waals surface area contributed by atoms with Crippen molar-refractivity contribution in [2.24, 2.45) is 5.92 Å². The van der Waals surface area contributed by atoms with E-state index in [4.69, 9.17) is 4.74 Å². The van der Waals surface area contributed by atoms with Gasteiger partial charge in [-0.1, -0.05) is 6.07 Å². The van der Waals surface area contributed by atoms with Crippen LogP contribution in [-0.2, 0) is 4.74 Å². The van der Waals surface area contributed by atoms with Crippen molar-refractivity contribution >= 4 is 11.8 Å². The molecule has 3 heterocycles. The number of aromatic nitrogens is 3. The van der Waals surface area contributed by atoms with Crippen LogP contribution in [0.3, 0.4) is 0 Å². The third kappa shape index (κ3) is 3.98. The maximum Gasteiger partial charge on any atom is 0.358 e. The van der Waals surface area contributed by atoms with Crippen LogP contribution in [0.15, 0.2) is 36.5 Å². The molecule has 2 aromatic rings. The van der Waals surface area contributed by atoms with Gasteiger partial charge in [0.15, 0.2) is 11.5 Å². The number of piperidine rings is 1. The highest BCUT2D eigenvalue weighted by Crippen LogP contribution is 2.22. The second kappa shape index (κ2) is 7.72. The highest BCUT2D eigenvalue weighted by molar-refractivity contribution is 5.86. The monoisotopic (exact) mass is 328 g/mol. The quantitative estimate of drug-likeness (QED) is 0.776. The molecule has 126 valence electrons. The van der Waals surface area contributed by atoms with Crippen LogP contribution in [-0.4, -0.2) is 48.0 Å². The molecule has 7 nitrogen and oxygen atoms in total. The minimum atomic E-state index is -0.473. The van der Waals surface area contributed by atoms with Crippen LogP contribution in [0.25, 0.3) is 0 Å². The van der Waals surface area contributed by atoms with E-state index < -0.39 is 5.97 Å². The molecule has 1 saturated heterocycles. The Morgan fingerprint density at radius 3 is 2.67 bits per heavy atom. The summed E-state index contributed by atoms with van der Waals surface area (Å²) in [6, 6.07) is 9.11. The van der Waals surface area contributed by atoms with Gasteiger partial charge in [0.2, 0.25) is 5.88 Å². The van der Waals surface area contributed by atoms with E-state index in [0.717, 1.165) is 31.7 Å². The van der Waals surface area contributed by atoms with Gasteiger partial charge in [0.1, 0.15) is 0 Å². The molecule has 0 aliphatic carbocycles. The Morgan fingerprint density at radius 1 is 1.21 bits per heavy atom. The summed E-state index contributed by atoms with van der Waals surface area (Å²) in [5, 5.41) is 8.04. The first-order valence-electron chi connectivity index (χ1n) is 7.97. The average Bonchev–Trinajstić information content (AvgIpc) is 2.67. The molecule has 24 heavy (non-hydrogen) atoms. The zero-order chi connectivity index (χ0) is 16.8. The molecule has 2 aromatic heterocycles. The Kier molecular flexibility index (Phi) is 5.20. The second-order valence-corrected chi connectivity index (χ2v) is 5.68. The number of nitrogens with zero attached hydrogens (tertiary/aromatic N) is 4. The lowest BCUT2D eigenvalue weighted by molar-refractivity contribution is 0.0592. The highest BCUT2D eigenvalue weighted by atomic mass is 16.5. The van der Waals surface area contributed by atoms with Crippen LogP contribution in [0.2, 0.25) is 0 Å². The van der Waals surface area contributed by atoms with Crippen molar-refractivity contribution < 1.29 is 14.3 Å². The third-order valence-corrected chi connectivity index (χ3v) is 4.09. The van der Waals surface area contributed by atoms with E-state index in [9.17, 15) is 4.79 Å². The van der Waals surface area contributed by atoms with Gasteiger partial charge in [0, 0.05) is 25.4 Å². The van der Waals surface area contributed by atoms with Crippen molar-refractivity contribution in [1.29, 1.82) is 0 Å². The number of esters is 1. The molecule has 0 atom stereocenters. The van der Waals surface area contributed by atoms with E-state index in [1.807, 2.05) is 24.3 Å². The Labute approximate surface area is 140 Å². The Balaban J connectivity index is 1.49. The predicted molar refractivity (Wildman–Crippen MR) is 88.0 cm³/mol. The Bertz CT molecular complexity index is 655. The molecule has 1 fully saturated rings. The molecule has 7 heteroatoms. The number of carbonyl (C=O) groups is 1. The fraction of sp³-hybridized carbons (Fsp3) is 0.412.